The van der Waals surface area contributed by atoms with Crippen LogP contribution in [0, 0.1) is 0 Å². The van der Waals surface area contributed by atoms with Crippen LogP contribution in [0.15, 0.2) is 31.0 Å². The van der Waals surface area contributed by atoms with Crippen LogP contribution in [0.2, 0.25) is 0 Å². The molecule has 94 valence electrons. The Hall–Kier alpha value is -1.75. The van der Waals surface area contributed by atoms with Gasteiger partial charge in [-0.25, -0.2) is 15.0 Å². The number of nitrogens with zero attached hydrogens (tertiary/aromatic N) is 5. The molecular weight excluding hydrogens is 226 g/mol. The molecule has 0 saturated carbocycles. The van der Waals surface area contributed by atoms with E-state index in [9.17, 15) is 0 Å². The molecule has 1 aliphatic rings. The first-order chi connectivity index (χ1) is 8.84. The average molecular weight is 243 g/mol. The Morgan fingerprint density at radius 3 is 3.00 bits per heavy atom. The summed E-state index contributed by atoms with van der Waals surface area (Å²) in [6.07, 6.45) is 9.68. The van der Waals surface area contributed by atoms with Gasteiger partial charge in [-0.2, -0.15) is 0 Å². The monoisotopic (exact) mass is 243 g/mol. The summed E-state index contributed by atoms with van der Waals surface area (Å²) in [5, 5.41) is 0. The molecule has 0 N–H and O–H groups in total. The average Bonchev–Trinajstić information content (AvgIpc) is 3.01. The van der Waals surface area contributed by atoms with Crippen LogP contribution in [0.1, 0.15) is 30.4 Å². The first-order valence-corrected chi connectivity index (χ1v) is 6.31. The van der Waals surface area contributed by atoms with Crippen LogP contribution >= 0.6 is 0 Å². The molecule has 1 saturated heterocycles. The number of hydrogen-bond acceptors (Lipinski definition) is 4. The molecule has 0 aliphatic carbocycles. The summed E-state index contributed by atoms with van der Waals surface area (Å²) in [6, 6.07) is 2.42. The van der Waals surface area contributed by atoms with Crippen molar-refractivity contribution in [2.24, 2.45) is 7.05 Å². The van der Waals surface area contributed by atoms with Gasteiger partial charge in [0.15, 0.2) is 0 Å². The second-order valence-electron chi connectivity index (χ2n) is 4.72. The number of aryl methyl sites for hydroxylation is 1. The van der Waals surface area contributed by atoms with Gasteiger partial charge in [0, 0.05) is 25.6 Å². The molecule has 1 aliphatic heterocycles. The Kier molecular flexibility index (Phi) is 3.06. The lowest BCUT2D eigenvalue weighted by Crippen LogP contribution is -2.25. The Morgan fingerprint density at radius 1 is 1.33 bits per heavy atom. The second kappa shape index (κ2) is 4.86. The van der Waals surface area contributed by atoms with Crippen molar-refractivity contribution in [3.8, 4) is 0 Å². The molecule has 5 nitrogen and oxygen atoms in total. The summed E-state index contributed by atoms with van der Waals surface area (Å²) >= 11 is 0. The smallest absolute Gasteiger partial charge is 0.122 e. The molecule has 1 fully saturated rings. The predicted molar refractivity (Wildman–Crippen MR) is 67.6 cm³/mol. The van der Waals surface area contributed by atoms with E-state index in [2.05, 4.69) is 24.4 Å². The zero-order chi connectivity index (χ0) is 12.4. The molecule has 1 atom stereocenters. The SMILES string of the molecule is Cn1ccnc1CN1CCC[C@@H]1c1ccncn1. The van der Waals surface area contributed by atoms with Gasteiger partial charge in [-0.3, -0.25) is 4.90 Å². The van der Waals surface area contributed by atoms with Crippen LogP contribution in [0.25, 0.3) is 0 Å². The van der Waals surface area contributed by atoms with E-state index >= 15 is 0 Å². The van der Waals surface area contributed by atoms with Gasteiger partial charge in [-0.15, -0.1) is 0 Å². The van der Waals surface area contributed by atoms with Crippen molar-refractivity contribution in [3.05, 3.63) is 42.5 Å². The molecular formula is C13H17N5. The molecule has 0 radical (unpaired) electrons. The van der Waals surface area contributed by atoms with Crippen molar-refractivity contribution in [2.45, 2.75) is 25.4 Å². The van der Waals surface area contributed by atoms with E-state index in [1.807, 2.05) is 31.7 Å². The molecule has 18 heavy (non-hydrogen) atoms. The van der Waals surface area contributed by atoms with E-state index < -0.39 is 0 Å². The Bertz CT molecular complexity index is 507. The summed E-state index contributed by atoms with van der Waals surface area (Å²) in [6.45, 7) is 2.00. The van der Waals surface area contributed by atoms with E-state index in [0.29, 0.717) is 6.04 Å². The predicted octanol–water partition coefficient (Wildman–Crippen LogP) is 1.55. The van der Waals surface area contributed by atoms with E-state index in [4.69, 9.17) is 0 Å². The van der Waals surface area contributed by atoms with Crippen molar-refractivity contribution in [3.63, 3.8) is 0 Å². The van der Waals surface area contributed by atoms with Crippen LogP contribution < -0.4 is 0 Å². The number of aromatic nitrogens is 4. The fraction of sp³-hybridized carbons (Fsp3) is 0.462. The lowest BCUT2D eigenvalue weighted by atomic mass is 10.1. The lowest BCUT2D eigenvalue weighted by Gasteiger charge is -2.23. The number of hydrogen-bond donors (Lipinski definition) is 0. The standard InChI is InChI=1S/C13H17N5/c1-17-8-6-15-13(17)9-18-7-2-3-12(18)11-4-5-14-10-16-11/h4-6,8,10,12H,2-3,7,9H2,1H3/t12-/m1/s1. The van der Waals surface area contributed by atoms with Gasteiger partial charge >= 0.3 is 0 Å². The molecule has 0 aromatic carbocycles. The normalized spacial score (nSPS) is 20.4. The largest absolute Gasteiger partial charge is 0.337 e. The van der Waals surface area contributed by atoms with Crippen molar-refractivity contribution in [2.75, 3.05) is 6.54 Å². The third-order valence-corrected chi connectivity index (χ3v) is 3.58. The van der Waals surface area contributed by atoms with Crippen molar-refractivity contribution in [1.29, 1.82) is 0 Å². The summed E-state index contributed by atoms with van der Waals surface area (Å²) in [4.78, 5) is 15.2. The van der Waals surface area contributed by atoms with E-state index in [-0.39, 0.29) is 0 Å². The van der Waals surface area contributed by atoms with E-state index in [1.165, 1.54) is 12.8 Å². The third-order valence-electron chi connectivity index (χ3n) is 3.58. The maximum absolute atomic E-state index is 4.40. The highest BCUT2D eigenvalue weighted by atomic mass is 15.2. The quantitative estimate of drug-likeness (QED) is 0.820. The number of rotatable bonds is 3. The fourth-order valence-corrected chi connectivity index (χ4v) is 2.58. The Morgan fingerprint density at radius 2 is 2.28 bits per heavy atom. The zero-order valence-corrected chi connectivity index (χ0v) is 10.5. The number of likely N-dealkylation sites (tertiary alicyclic amines) is 1. The van der Waals surface area contributed by atoms with Crippen LogP contribution in [-0.2, 0) is 13.6 Å². The first kappa shape index (κ1) is 11.3. The van der Waals surface area contributed by atoms with Crippen LogP contribution in [0.5, 0.6) is 0 Å². The topological polar surface area (TPSA) is 46.8 Å². The van der Waals surface area contributed by atoms with Gasteiger partial charge in [0.25, 0.3) is 0 Å². The molecule has 0 spiro atoms. The highest BCUT2D eigenvalue weighted by Crippen LogP contribution is 2.31. The maximum atomic E-state index is 4.40. The minimum absolute atomic E-state index is 0.407. The Labute approximate surface area is 107 Å². The Balaban J connectivity index is 1.78. The highest BCUT2D eigenvalue weighted by Gasteiger charge is 2.27. The molecule has 3 rings (SSSR count). The third kappa shape index (κ3) is 2.13. The highest BCUT2D eigenvalue weighted by molar-refractivity contribution is 5.07. The lowest BCUT2D eigenvalue weighted by molar-refractivity contribution is 0.236. The van der Waals surface area contributed by atoms with Gasteiger partial charge in [0.2, 0.25) is 0 Å². The number of imidazole rings is 1. The van der Waals surface area contributed by atoms with Crippen molar-refractivity contribution in [1.82, 2.24) is 24.4 Å². The molecule has 0 amide bonds. The molecule has 5 heteroatoms. The molecule has 0 bridgehead atoms. The fourth-order valence-electron chi connectivity index (χ4n) is 2.58. The van der Waals surface area contributed by atoms with Crippen molar-refractivity contribution < 1.29 is 0 Å². The second-order valence-corrected chi connectivity index (χ2v) is 4.72. The van der Waals surface area contributed by atoms with Crippen LogP contribution in [0.4, 0.5) is 0 Å². The minimum atomic E-state index is 0.407. The molecule has 2 aromatic rings. The van der Waals surface area contributed by atoms with Crippen LogP contribution in [-0.4, -0.2) is 31.0 Å². The van der Waals surface area contributed by atoms with Gasteiger partial charge in [0.1, 0.15) is 12.2 Å². The van der Waals surface area contributed by atoms with Crippen molar-refractivity contribution >= 4 is 0 Å². The van der Waals surface area contributed by atoms with Gasteiger partial charge < -0.3 is 4.57 Å². The van der Waals surface area contributed by atoms with Gasteiger partial charge in [-0.1, -0.05) is 0 Å². The molecule has 0 unspecified atom stereocenters. The summed E-state index contributed by atoms with van der Waals surface area (Å²) in [5.41, 5.74) is 1.12. The maximum Gasteiger partial charge on any atom is 0.122 e. The molecule has 2 aromatic heterocycles. The van der Waals surface area contributed by atoms with Crippen LogP contribution in [0.3, 0.4) is 0 Å². The first-order valence-electron chi connectivity index (χ1n) is 6.31. The summed E-state index contributed by atoms with van der Waals surface area (Å²) in [7, 11) is 2.04. The summed E-state index contributed by atoms with van der Waals surface area (Å²) in [5.74, 6) is 1.11. The van der Waals surface area contributed by atoms with Gasteiger partial charge in [-0.05, 0) is 25.5 Å². The van der Waals surface area contributed by atoms with E-state index in [1.54, 1.807) is 6.33 Å². The summed E-state index contributed by atoms with van der Waals surface area (Å²) < 4.78 is 2.08. The van der Waals surface area contributed by atoms with Gasteiger partial charge in [0.05, 0.1) is 18.3 Å². The zero-order valence-electron chi connectivity index (χ0n) is 10.5. The minimum Gasteiger partial charge on any atom is -0.337 e. The van der Waals surface area contributed by atoms with E-state index in [0.717, 1.165) is 24.6 Å². The molecule has 3 heterocycles.